The second-order valence-electron chi connectivity index (χ2n) is 4.71. The lowest BCUT2D eigenvalue weighted by Gasteiger charge is -2.26. The molecular formula is C14H15NO3S. The quantitative estimate of drug-likeness (QED) is 0.935. The Morgan fingerprint density at radius 2 is 2.11 bits per heavy atom. The van der Waals surface area contributed by atoms with Crippen LogP contribution in [0.4, 0.5) is 0 Å². The van der Waals surface area contributed by atoms with Gasteiger partial charge in [-0.2, -0.15) is 0 Å². The van der Waals surface area contributed by atoms with E-state index in [1.54, 1.807) is 24.7 Å². The fourth-order valence-electron chi connectivity index (χ4n) is 2.44. The summed E-state index contributed by atoms with van der Waals surface area (Å²) >= 11 is 0. The monoisotopic (exact) mass is 277 g/mol. The molecule has 1 aromatic heterocycles. The van der Waals surface area contributed by atoms with Gasteiger partial charge in [0.2, 0.25) is 0 Å². The molecule has 1 aromatic carbocycles. The Morgan fingerprint density at radius 1 is 1.26 bits per heavy atom. The Morgan fingerprint density at radius 3 is 2.89 bits per heavy atom. The molecule has 3 rings (SSSR count). The summed E-state index contributed by atoms with van der Waals surface area (Å²) in [6, 6.07) is 9.21. The van der Waals surface area contributed by atoms with Crippen molar-refractivity contribution in [3.05, 3.63) is 54.0 Å². The van der Waals surface area contributed by atoms with Gasteiger partial charge in [0.25, 0.3) is 0 Å². The van der Waals surface area contributed by atoms with Crippen molar-refractivity contribution in [2.45, 2.75) is 23.9 Å². The number of rotatable bonds is 3. The van der Waals surface area contributed by atoms with E-state index in [2.05, 4.69) is 5.32 Å². The number of benzene rings is 1. The molecule has 1 atom stereocenters. The summed E-state index contributed by atoms with van der Waals surface area (Å²) in [6.07, 6.45) is 3.94. The van der Waals surface area contributed by atoms with Gasteiger partial charge >= 0.3 is 0 Å². The maximum atomic E-state index is 12.0. The number of hydrogen-bond acceptors (Lipinski definition) is 4. The average molecular weight is 277 g/mol. The molecule has 0 spiro atoms. The third-order valence-electron chi connectivity index (χ3n) is 3.44. The van der Waals surface area contributed by atoms with Crippen LogP contribution in [0, 0.1) is 0 Å². The smallest absolute Gasteiger partial charge is 0.178 e. The van der Waals surface area contributed by atoms with E-state index >= 15 is 0 Å². The summed E-state index contributed by atoms with van der Waals surface area (Å²) in [4.78, 5) is 0.464. The van der Waals surface area contributed by atoms with Gasteiger partial charge in [-0.05, 0) is 24.1 Å². The van der Waals surface area contributed by atoms with Crippen LogP contribution in [0.5, 0.6) is 0 Å². The van der Waals surface area contributed by atoms with Gasteiger partial charge in [0.1, 0.15) is 0 Å². The molecule has 0 aliphatic carbocycles. The van der Waals surface area contributed by atoms with Crippen LogP contribution < -0.4 is 5.32 Å². The highest BCUT2D eigenvalue weighted by atomic mass is 32.2. The van der Waals surface area contributed by atoms with Gasteiger partial charge in [-0.25, -0.2) is 8.42 Å². The number of sulfone groups is 1. The van der Waals surface area contributed by atoms with Gasteiger partial charge in [0.05, 0.1) is 23.2 Å². The highest BCUT2D eigenvalue weighted by Crippen LogP contribution is 2.31. The molecule has 1 aliphatic rings. The van der Waals surface area contributed by atoms with Crippen molar-refractivity contribution >= 4 is 9.84 Å². The van der Waals surface area contributed by atoms with Crippen LogP contribution in [0.25, 0.3) is 0 Å². The third-order valence-corrected chi connectivity index (χ3v) is 5.25. The molecule has 19 heavy (non-hydrogen) atoms. The van der Waals surface area contributed by atoms with Crippen LogP contribution in [-0.2, 0) is 16.4 Å². The standard InChI is InChI=1S/C14H15NO3S/c16-19(17)8-6-13(12-3-1-2-4-14(12)19)15-9-11-5-7-18-10-11/h1-5,7,10,13,15H,6,8-9H2. The minimum absolute atomic E-state index is 0.0784. The number of furan rings is 1. The first kappa shape index (κ1) is 12.4. The zero-order valence-corrected chi connectivity index (χ0v) is 11.2. The molecule has 2 aromatic rings. The second kappa shape index (κ2) is 4.83. The Balaban J connectivity index is 1.84. The van der Waals surface area contributed by atoms with E-state index in [1.807, 2.05) is 18.2 Å². The second-order valence-corrected chi connectivity index (χ2v) is 6.79. The fourth-order valence-corrected chi connectivity index (χ4v) is 4.06. The van der Waals surface area contributed by atoms with Gasteiger partial charge in [-0.15, -0.1) is 0 Å². The molecular weight excluding hydrogens is 262 g/mol. The molecule has 0 fully saturated rings. The van der Waals surface area contributed by atoms with Gasteiger partial charge in [0.15, 0.2) is 9.84 Å². The average Bonchev–Trinajstić information content (AvgIpc) is 2.91. The van der Waals surface area contributed by atoms with Crippen molar-refractivity contribution in [2.24, 2.45) is 0 Å². The Kier molecular flexibility index (Phi) is 3.16. The van der Waals surface area contributed by atoms with Crippen LogP contribution in [0.1, 0.15) is 23.6 Å². The Bertz CT molecular complexity index is 662. The first-order valence-electron chi connectivity index (χ1n) is 6.23. The van der Waals surface area contributed by atoms with Crippen LogP contribution in [-0.4, -0.2) is 14.2 Å². The number of fused-ring (bicyclic) bond motifs is 1. The maximum absolute atomic E-state index is 12.0. The molecule has 1 unspecified atom stereocenters. The zero-order chi connectivity index (χ0) is 13.3. The summed E-state index contributed by atoms with van der Waals surface area (Å²) in [5.74, 6) is 0.201. The van der Waals surface area contributed by atoms with Crippen molar-refractivity contribution in [2.75, 3.05) is 5.75 Å². The van der Waals surface area contributed by atoms with E-state index in [4.69, 9.17) is 4.42 Å². The molecule has 0 saturated heterocycles. The van der Waals surface area contributed by atoms with Gasteiger partial charge in [-0.3, -0.25) is 0 Å². The van der Waals surface area contributed by atoms with Crippen LogP contribution in [0.2, 0.25) is 0 Å². The Labute approximate surface area is 112 Å². The molecule has 100 valence electrons. The summed E-state index contributed by atoms with van der Waals surface area (Å²) in [7, 11) is -3.11. The maximum Gasteiger partial charge on any atom is 0.178 e. The van der Waals surface area contributed by atoms with Crippen LogP contribution >= 0.6 is 0 Å². The predicted molar refractivity (Wildman–Crippen MR) is 71.4 cm³/mol. The number of nitrogens with one attached hydrogen (secondary N) is 1. The lowest BCUT2D eigenvalue weighted by atomic mass is 10.0. The first-order chi connectivity index (χ1) is 9.17. The molecule has 4 nitrogen and oxygen atoms in total. The van der Waals surface area contributed by atoms with Gasteiger partial charge in [-0.1, -0.05) is 18.2 Å². The van der Waals surface area contributed by atoms with Gasteiger partial charge < -0.3 is 9.73 Å². The molecule has 2 heterocycles. The molecule has 5 heteroatoms. The van der Waals surface area contributed by atoms with Crippen molar-refractivity contribution in [1.29, 1.82) is 0 Å². The molecule has 1 N–H and O–H groups in total. The van der Waals surface area contributed by atoms with E-state index in [1.165, 1.54) is 0 Å². The van der Waals surface area contributed by atoms with Crippen molar-refractivity contribution < 1.29 is 12.8 Å². The van der Waals surface area contributed by atoms with Crippen molar-refractivity contribution in [3.63, 3.8) is 0 Å². The Hall–Kier alpha value is -1.59. The van der Waals surface area contributed by atoms with Crippen molar-refractivity contribution in [3.8, 4) is 0 Å². The van der Waals surface area contributed by atoms with E-state index in [9.17, 15) is 8.42 Å². The summed E-state index contributed by atoms with van der Waals surface area (Å²) in [5, 5.41) is 3.39. The van der Waals surface area contributed by atoms with Crippen LogP contribution in [0.15, 0.2) is 52.2 Å². The topological polar surface area (TPSA) is 59.3 Å². The van der Waals surface area contributed by atoms with E-state index < -0.39 is 9.84 Å². The van der Waals surface area contributed by atoms with Crippen molar-refractivity contribution in [1.82, 2.24) is 5.32 Å². The van der Waals surface area contributed by atoms with E-state index in [0.29, 0.717) is 17.9 Å². The van der Waals surface area contributed by atoms with E-state index in [-0.39, 0.29) is 11.8 Å². The lowest BCUT2D eigenvalue weighted by molar-refractivity contribution is 0.488. The third kappa shape index (κ3) is 2.43. The number of hydrogen-bond donors (Lipinski definition) is 1. The predicted octanol–water partition coefficient (Wildman–Crippen LogP) is 2.29. The minimum atomic E-state index is -3.11. The highest BCUT2D eigenvalue weighted by Gasteiger charge is 2.29. The molecule has 0 radical (unpaired) electrons. The SMILES string of the molecule is O=S1(=O)CCC(NCc2ccoc2)c2ccccc21. The summed E-state index contributed by atoms with van der Waals surface area (Å²) in [5.41, 5.74) is 1.93. The highest BCUT2D eigenvalue weighted by molar-refractivity contribution is 7.91. The largest absolute Gasteiger partial charge is 0.472 e. The lowest BCUT2D eigenvalue weighted by Crippen LogP contribution is -2.29. The normalized spacial score (nSPS) is 20.9. The minimum Gasteiger partial charge on any atom is -0.472 e. The summed E-state index contributed by atoms with van der Waals surface area (Å²) < 4.78 is 29.0. The fraction of sp³-hybridized carbons (Fsp3) is 0.286. The first-order valence-corrected chi connectivity index (χ1v) is 7.88. The zero-order valence-electron chi connectivity index (χ0n) is 10.4. The molecule has 0 saturated carbocycles. The molecule has 0 bridgehead atoms. The molecule has 0 amide bonds. The van der Waals surface area contributed by atoms with E-state index in [0.717, 1.165) is 11.1 Å². The van der Waals surface area contributed by atoms with Crippen LogP contribution in [0.3, 0.4) is 0 Å². The van der Waals surface area contributed by atoms with Gasteiger partial charge in [0, 0.05) is 18.2 Å². The molecule has 1 aliphatic heterocycles. The summed E-state index contributed by atoms with van der Waals surface area (Å²) in [6.45, 7) is 0.676.